The molecule has 0 unspecified atom stereocenters. The number of nitrogens with one attached hydrogen (secondary N) is 1. The lowest BCUT2D eigenvalue weighted by Gasteiger charge is -2.37. The summed E-state index contributed by atoms with van der Waals surface area (Å²) < 4.78 is 132. The molecule has 5 nitrogen and oxygen atoms in total. The first-order valence-electron chi connectivity index (χ1n) is 11.9. The standard InChI is InChI=1S/C28H19F9N2O3/c1-15-38-22(23(41-15)27(33,34)35)24(40)39-26(14-16-5-3-2-4-6-16,17-7-9-19(29)10-8-17)18-11-20(30)13-21(12-18)42-28(36,37)25(31)32/h2-13,25H,14H2,1H3,(H,39,40)/t26-/m1/s1. The maximum Gasteiger partial charge on any atom is 0.461 e. The van der Waals surface area contributed by atoms with Gasteiger partial charge in [0.15, 0.2) is 11.6 Å². The van der Waals surface area contributed by atoms with E-state index in [1.54, 1.807) is 18.2 Å². The van der Waals surface area contributed by atoms with Gasteiger partial charge >= 0.3 is 18.7 Å². The van der Waals surface area contributed by atoms with E-state index in [4.69, 9.17) is 0 Å². The van der Waals surface area contributed by atoms with Crippen LogP contribution in [0.5, 0.6) is 5.75 Å². The van der Waals surface area contributed by atoms with Gasteiger partial charge in [0.05, 0.1) is 5.54 Å². The summed E-state index contributed by atoms with van der Waals surface area (Å²) in [6.45, 7) is 1.06. The molecule has 0 radical (unpaired) electrons. The van der Waals surface area contributed by atoms with Crippen molar-refractivity contribution in [3.05, 3.63) is 118 Å². The van der Waals surface area contributed by atoms with Gasteiger partial charge in [-0.05, 0) is 41.0 Å². The van der Waals surface area contributed by atoms with Crippen molar-refractivity contribution in [2.75, 3.05) is 0 Å². The van der Waals surface area contributed by atoms with Crippen molar-refractivity contribution >= 4 is 5.91 Å². The summed E-state index contributed by atoms with van der Waals surface area (Å²) in [5.41, 5.74) is -3.41. The molecule has 4 aromatic rings. The number of hydrogen-bond donors (Lipinski definition) is 1. The van der Waals surface area contributed by atoms with Crippen LogP contribution in [-0.4, -0.2) is 23.4 Å². The highest BCUT2D eigenvalue weighted by Gasteiger charge is 2.46. The Hall–Kier alpha value is -4.49. The number of hydrogen-bond acceptors (Lipinski definition) is 4. The Kier molecular flexibility index (Phi) is 8.28. The Morgan fingerprint density at radius 3 is 2.14 bits per heavy atom. The fraction of sp³-hybridized carbons (Fsp3) is 0.214. The van der Waals surface area contributed by atoms with Crippen molar-refractivity contribution in [3.8, 4) is 5.75 Å². The van der Waals surface area contributed by atoms with Gasteiger partial charge in [-0.3, -0.25) is 4.79 Å². The number of carbonyl (C=O) groups excluding carboxylic acids is 1. The molecular formula is C28H19F9N2O3. The van der Waals surface area contributed by atoms with Gasteiger partial charge in [0.1, 0.15) is 17.4 Å². The number of ether oxygens (including phenoxy) is 1. The van der Waals surface area contributed by atoms with Gasteiger partial charge in [-0.1, -0.05) is 42.5 Å². The minimum Gasteiger partial charge on any atom is -0.436 e. The molecular weight excluding hydrogens is 583 g/mol. The second-order valence-electron chi connectivity index (χ2n) is 9.08. The third kappa shape index (κ3) is 6.52. The number of aryl methyl sites for hydroxylation is 1. The van der Waals surface area contributed by atoms with E-state index >= 15 is 0 Å². The summed E-state index contributed by atoms with van der Waals surface area (Å²) in [6, 6.07) is 13.8. The summed E-state index contributed by atoms with van der Waals surface area (Å²) in [5, 5.41) is 2.37. The van der Waals surface area contributed by atoms with Crippen molar-refractivity contribution in [3.63, 3.8) is 0 Å². The van der Waals surface area contributed by atoms with Gasteiger partial charge in [0, 0.05) is 19.4 Å². The Labute approximate surface area is 231 Å². The molecule has 1 heterocycles. The average Bonchev–Trinajstić information content (AvgIpc) is 3.31. The Bertz CT molecular complexity index is 1560. The second-order valence-corrected chi connectivity index (χ2v) is 9.08. The molecule has 1 amide bonds. The first kappa shape index (κ1) is 30.5. The van der Waals surface area contributed by atoms with Crippen molar-refractivity contribution in [1.82, 2.24) is 10.3 Å². The SMILES string of the molecule is Cc1nc(C(=O)N[C@](Cc2ccccc2)(c2ccc(F)cc2)c2cc(F)cc(OC(F)(F)C(F)F)c2)c(C(F)(F)F)o1. The number of nitrogens with zero attached hydrogens (tertiary/aromatic N) is 1. The molecule has 0 spiro atoms. The first-order valence-corrected chi connectivity index (χ1v) is 11.9. The molecule has 4 rings (SSSR count). The molecule has 0 saturated heterocycles. The number of halogens is 9. The summed E-state index contributed by atoms with van der Waals surface area (Å²) in [7, 11) is 0. The monoisotopic (exact) mass is 602 g/mol. The fourth-order valence-corrected chi connectivity index (χ4v) is 4.29. The molecule has 0 bridgehead atoms. The van der Waals surface area contributed by atoms with Crippen LogP contribution in [0.4, 0.5) is 39.5 Å². The van der Waals surface area contributed by atoms with Crippen LogP contribution in [0, 0.1) is 18.6 Å². The normalized spacial score (nSPS) is 13.6. The van der Waals surface area contributed by atoms with Crippen molar-refractivity contribution in [2.45, 2.75) is 37.6 Å². The molecule has 0 aliphatic heterocycles. The Morgan fingerprint density at radius 1 is 0.905 bits per heavy atom. The van der Waals surface area contributed by atoms with Crippen molar-refractivity contribution < 1.29 is 53.5 Å². The van der Waals surface area contributed by atoms with E-state index < -0.39 is 70.4 Å². The topological polar surface area (TPSA) is 64.4 Å². The van der Waals surface area contributed by atoms with Gasteiger partial charge in [0.25, 0.3) is 5.91 Å². The lowest BCUT2D eigenvalue weighted by Crippen LogP contribution is -2.49. The number of aromatic nitrogens is 1. The smallest absolute Gasteiger partial charge is 0.436 e. The van der Waals surface area contributed by atoms with E-state index in [0.29, 0.717) is 17.7 Å². The summed E-state index contributed by atoms with van der Waals surface area (Å²) >= 11 is 0. The van der Waals surface area contributed by atoms with Crippen molar-refractivity contribution in [2.24, 2.45) is 0 Å². The molecule has 0 aliphatic rings. The highest BCUT2D eigenvalue weighted by molar-refractivity contribution is 5.94. The fourth-order valence-electron chi connectivity index (χ4n) is 4.29. The molecule has 3 aromatic carbocycles. The lowest BCUT2D eigenvalue weighted by molar-refractivity contribution is -0.253. The number of oxazole rings is 1. The summed E-state index contributed by atoms with van der Waals surface area (Å²) in [5.74, 6) is -6.87. The summed E-state index contributed by atoms with van der Waals surface area (Å²) in [4.78, 5) is 17.0. The number of benzene rings is 3. The van der Waals surface area contributed by atoms with Gasteiger partial charge in [-0.25, -0.2) is 13.8 Å². The lowest BCUT2D eigenvalue weighted by atomic mass is 9.77. The number of rotatable bonds is 9. The molecule has 1 aromatic heterocycles. The average molecular weight is 602 g/mol. The number of alkyl halides is 7. The zero-order valence-electron chi connectivity index (χ0n) is 21.3. The zero-order valence-corrected chi connectivity index (χ0v) is 21.3. The van der Waals surface area contributed by atoms with Crippen LogP contribution < -0.4 is 10.1 Å². The van der Waals surface area contributed by atoms with Crippen LogP contribution in [0.2, 0.25) is 0 Å². The predicted molar refractivity (Wildman–Crippen MR) is 129 cm³/mol. The third-order valence-electron chi connectivity index (χ3n) is 6.05. The third-order valence-corrected chi connectivity index (χ3v) is 6.05. The molecule has 222 valence electrons. The van der Waals surface area contributed by atoms with Crippen LogP contribution in [0.3, 0.4) is 0 Å². The molecule has 0 fully saturated rings. The maximum absolute atomic E-state index is 14.9. The van der Waals surface area contributed by atoms with Crippen LogP contribution in [0.15, 0.2) is 77.2 Å². The zero-order chi connectivity index (χ0) is 30.9. The number of carbonyl (C=O) groups is 1. The van der Waals surface area contributed by atoms with E-state index in [1.807, 2.05) is 0 Å². The molecule has 1 N–H and O–H groups in total. The van der Waals surface area contributed by atoms with Crippen LogP contribution in [0.25, 0.3) is 0 Å². The van der Waals surface area contributed by atoms with Crippen molar-refractivity contribution in [1.29, 1.82) is 0 Å². The molecule has 42 heavy (non-hydrogen) atoms. The van der Waals surface area contributed by atoms with Gasteiger partial charge in [-0.15, -0.1) is 0 Å². The van der Waals surface area contributed by atoms with Crippen LogP contribution >= 0.6 is 0 Å². The largest absolute Gasteiger partial charge is 0.461 e. The second kappa shape index (κ2) is 11.4. The van der Waals surface area contributed by atoms with Gasteiger partial charge < -0.3 is 14.5 Å². The highest BCUT2D eigenvalue weighted by Crippen LogP contribution is 2.39. The highest BCUT2D eigenvalue weighted by atomic mass is 19.4. The Morgan fingerprint density at radius 2 is 1.55 bits per heavy atom. The van der Waals surface area contributed by atoms with Crippen LogP contribution in [0.1, 0.15) is 38.8 Å². The molecule has 14 heteroatoms. The van der Waals surface area contributed by atoms with Gasteiger partial charge in [0.2, 0.25) is 5.76 Å². The summed E-state index contributed by atoms with van der Waals surface area (Å²) in [6.07, 6.45) is -14.9. The van der Waals surface area contributed by atoms with E-state index in [9.17, 15) is 44.3 Å². The van der Waals surface area contributed by atoms with E-state index in [-0.39, 0.29) is 12.0 Å². The Balaban J connectivity index is 1.97. The quantitative estimate of drug-likeness (QED) is 0.203. The maximum atomic E-state index is 14.9. The first-order chi connectivity index (χ1) is 19.6. The van der Waals surface area contributed by atoms with E-state index in [2.05, 4.69) is 19.5 Å². The van der Waals surface area contributed by atoms with Gasteiger partial charge in [-0.2, -0.15) is 30.7 Å². The number of amides is 1. The minimum absolute atomic E-state index is 0.0490. The predicted octanol–water partition coefficient (Wildman–Crippen LogP) is 7.43. The van der Waals surface area contributed by atoms with E-state index in [0.717, 1.165) is 37.3 Å². The van der Waals surface area contributed by atoms with E-state index in [1.165, 1.54) is 12.1 Å². The minimum atomic E-state index is -5.16. The molecule has 0 aliphatic carbocycles. The molecule has 0 saturated carbocycles. The molecule has 1 atom stereocenters. The van der Waals surface area contributed by atoms with Crippen LogP contribution in [-0.2, 0) is 18.1 Å².